The van der Waals surface area contributed by atoms with Crippen LogP contribution in [0.4, 0.5) is 4.79 Å². The van der Waals surface area contributed by atoms with E-state index in [9.17, 15) is 4.79 Å². The van der Waals surface area contributed by atoms with Gasteiger partial charge in [0.15, 0.2) is 11.5 Å². The third-order valence-corrected chi connectivity index (χ3v) is 2.79. The fraction of sp³-hybridized carbons (Fsp3) is 0.167. The Hall–Kier alpha value is -2.90. The van der Waals surface area contributed by atoms with Gasteiger partial charge in [0.05, 0.1) is 6.21 Å². The van der Waals surface area contributed by atoms with E-state index >= 15 is 0 Å². The van der Waals surface area contributed by atoms with Crippen molar-refractivity contribution in [2.24, 2.45) is 21.0 Å². The molecule has 0 bridgehead atoms. The van der Waals surface area contributed by atoms with Crippen LogP contribution in [0.3, 0.4) is 0 Å². The molecule has 0 saturated carbocycles. The number of hydrogen-bond donors (Lipinski definition) is 2. The molecule has 20 heavy (non-hydrogen) atoms. The van der Waals surface area contributed by atoms with Crippen LogP contribution in [0.25, 0.3) is 0 Å². The van der Waals surface area contributed by atoms with Crippen molar-refractivity contribution in [2.75, 3.05) is 6.79 Å². The molecule has 0 aromatic heterocycles. The van der Waals surface area contributed by atoms with E-state index in [4.69, 9.17) is 15.2 Å². The molecule has 0 fully saturated rings. The quantitative estimate of drug-likeness (QED) is 0.601. The lowest BCUT2D eigenvalue weighted by atomic mass is 10.0. The molecular formula is C12H11N5O3. The standard InChI is InChI=1S/C12H11N5O3/c13-12(18)17-15-5-9-8-4-11-10(19-6-20-11)3-7(8)1-2-14-16-9/h2-5H,1,6H2,(H3,13,17,18). The predicted molar refractivity (Wildman–Crippen MR) is 72.5 cm³/mol. The maximum atomic E-state index is 10.6. The van der Waals surface area contributed by atoms with E-state index in [1.807, 2.05) is 12.1 Å². The summed E-state index contributed by atoms with van der Waals surface area (Å²) in [6.07, 6.45) is 3.69. The summed E-state index contributed by atoms with van der Waals surface area (Å²) in [5.74, 6) is 1.35. The minimum Gasteiger partial charge on any atom is -0.454 e. The third-order valence-electron chi connectivity index (χ3n) is 2.79. The normalized spacial score (nSPS) is 15.7. The molecule has 1 aromatic rings. The van der Waals surface area contributed by atoms with Crippen molar-refractivity contribution in [3.8, 4) is 11.5 Å². The second-order valence-electron chi connectivity index (χ2n) is 4.08. The Labute approximate surface area is 114 Å². The van der Waals surface area contributed by atoms with Crippen molar-refractivity contribution in [3.63, 3.8) is 0 Å². The van der Waals surface area contributed by atoms with Gasteiger partial charge in [0.2, 0.25) is 6.79 Å². The first kappa shape index (κ1) is 12.2. The van der Waals surface area contributed by atoms with Crippen molar-refractivity contribution in [3.05, 3.63) is 23.3 Å². The van der Waals surface area contributed by atoms with E-state index in [-0.39, 0.29) is 6.79 Å². The molecule has 3 N–H and O–H groups in total. The molecule has 0 aliphatic carbocycles. The fourth-order valence-corrected chi connectivity index (χ4v) is 1.94. The summed E-state index contributed by atoms with van der Waals surface area (Å²) >= 11 is 0. The van der Waals surface area contributed by atoms with E-state index in [1.165, 1.54) is 6.21 Å². The van der Waals surface area contributed by atoms with Crippen LogP contribution in [-0.2, 0) is 6.42 Å². The fourth-order valence-electron chi connectivity index (χ4n) is 1.94. The molecule has 0 saturated heterocycles. The van der Waals surface area contributed by atoms with E-state index in [0.29, 0.717) is 23.6 Å². The Balaban J connectivity index is 1.97. The molecule has 8 heteroatoms. The van der Waals surface area contributed by atoms with E-state index in [0.717, 1.165) is 11.1 Å². The first-order valence-corrected chi connectivity index (χ1v) is 5.85. The second-order valence-corrected chi connectivity index (χ2v) is 4.08. The van der Waals surface area contributed by atoms with Crippen LogP contribution in [0.15, 0.2) is 27.4 Å². The number of nitrogens with zero attached hydrogens (tertiary/aromatic N) is 3. The van der Waals surface area contributed by atoms with Crippen LogP contribution >= 0.6 is 0 Å². The van der Waals surface area contributed by atoms with E-state index in [2.05, 4.69) is 20.7 Å². The van der Waals surface area contributed by atoms with Crippen LogP contribution in [0.5, 0.6) is 11.5 Å². The summed E-state index contributed by atoms with van der Waals surface area (Å²) in [5, 5.41) is 11.7. The highest BCUT2D eigenvalue weighted by Crippen LogP contribution is 2.35. The number of primary amides is 1. The zero-order valence-corrected chi connectivity index (χ0v) is 10.4. The minimum absolute atomic E-state index is 0.204. The Morgan fingerprint density at radius 2 is 2.20 bits per heavy atom. The number of nitrogens with two attached hydrogens (primary N) is 1. The number of ether oxygens (including phenoxy) is 2. The SMILES string of the molecule is NC(=O)NN=CC1=NN=CCc2cc3c(cc21)OCO3. The maximum Gasteiger partial charge on any atom is 0.332 e. The number of benzene rings is 1. The second kappa shape index (κ2) is 5.00. The Morgan fingerprint density at radius 3 is 3.00 bits per heavy atom. The smallest absolute Gasteiger partial charge is 0.332 e. The summed E-state index contributed by atoms with van der Waals surface area (Å²) in [6.45, 7) is 0.204. The van der Waals surface area contributed by atoms with Gasteiger partial charge in [-0.15, -0.1) is 5.10 Å². The van der Waals surface area contributed by atoms with Gasteiger partial charge in [0.1, 0.15) is 5.71 Å². The lowest BCUT2D eigenvalue weighted by molar-refractivity contribution is 0.174. The number of carbonyl (C=O) groups is 1. The Kier molecular flexibility index (Phi) is 3.04. The van der Waals surface area contributed by atoms with Crippen molar-refractivity contribution in [1.29, 1.82) is 0 Å². The first-order chi connectivity index (χ1) is 9.74. The van der Waals surface area contributed by atoms with Crippen LogP contribution in [0, 0.1) is 0 Å². The number of hydrazone groups is 1. The molecule has 0 spiro atoms. The van der Waals surface area contributed by atoms with Gasteiger partial charge in [-0.05, 0) is 17.7 Å². The zero-order chi connectivity index (χ0) is 13.9. The molecule has 2 amide bonds. The van der Waals surface area contributed by atoms with Crippen molar-refractivity contribution in [1.82, 2.24) is 5.43 Å². The number of urea groups is 1. The lowest BCUT2D eigenvalue weighted by Crippen LogP contribution is -2.25. The Morgan fingerprint density at radius 1 is 1.40 bits per heavy atom. The van der Waals surface area contributed by atoms with Crippen molar-refractivity contribution >= 4 is 24.2 Å². The highest BCUT2D eigenvalue weighted by Gasteiger charge is 2.20. The van der Waals surface area contributed by atoms with Crippen molar-refractivity contribution in [2.45, 2.75) is 6.42 Å². The number of fused-ring (bicyclic) bond motifs is 2. The monoisotopic (exact) mass is 273 g/mol. The average Bonchev–Trinajstić information content (AvgIpc) is 2.78. The van der Waals surface area contributed by atoms with Gasteiger partial charge in [-0.1, -0.05) is 0 Å². The molecule has 3 rings (SSSR count). The number of carbonyl (C=O) groups excluding carboxylic acids is 1. The summed E-state index contributed by atoms with van der Waals surface area (Å²) in [4.78, 5) is 10.6. The first-order valence-electron chi connectivity index (χ1n) is 5.85. The third kappa shape index (κ3) is 2.30. The van der Waals surface area contributed by atoms with Gasteiger partial charge >= 0.3 is 6.03 Å². The van der Waals surface area contributed by atoms with E-state index < -0.39 is 6.03 Å². The Bertz CT molecular complexity index is 651. The van der Waals surface area contributed by atoms with Crippen LogP contribution in [0.2, 0.25) is 0 Å². The van der Waals surface area contributed by atoms with Crippen LogP contribution < -0.4 is 20.6 Å². The average molecular weight is 273 g/mol. The number of nitrogens with one attached hydrogen (secondary N) is 1. The van der Waals surface area contributed by atoms with Gasteiger partial charge in [-0.2, -0.15) is 10.2 Å². The van der Waals surface area contributed by atoms with Crippen LogP contribution in [-0.4, -0.2) is 31.0 Å². The molecule has 0 radical (unpaired) electrons. The zero-order valence-electron chi connectivity index (χ0n) is 10.4. The largest absolute Gasteiger partial charge is 0.454 e. The number of amides is 2. The summed E-state index contributed by atoms with van der Waals surface area (Å²) < 4.78 is 10.7. The molecule has 0 unspecified atom stereocenters. The maximum absolute atomic E-state index is 10.6. The topological polar surface area (TPSA) is 111 Å². The molecule has 2 aliphatic rings. The number of hydrogen-bond acceptors (Lipinski definition) is 6. The highest BCUT2D eigenvalue weighted by atomic mass is 16.7. The van der Waals surface area contributed by atoms with E-state index in [1.54, 1.807) is 6.21 Å². The predicted octanol–water partition coefficient (Wildman–Crippen LogP) is 0.400. The van der Waals surface area contributed by atoms with Gasteiger partial charge in [-0.25, -0.2) is 10.2 Å². The van der Waals surface area contributed by atoms with Gasteiger partial charge in [0, 0.05) is 18.2 Å². The summed E-state index contributed by atoms with van der Waals surface area (Å²) in [6, 6.07) is 2.96. The minimum atomic E-state index is -0.745. The summed E-state index contributed by atoms with van der Waals surface area (Å²) in [5.41, 5.74) is 9.36. The number of rotatable bonds is 2. The highest BCUT2D eigenvalue weighted by molar-refractivity contribution is 6.39. The van der Waals surface area contributed by atoms with Crippen molar-refractivity contribution < 1.29 is 14.3 Å². The van der Waals surface area contributed by atoms with Gasteiger partial charge in [0.25, 0.3) is 0 Å². The molecule has 2 heterocycles. The van der Waals surface area contributed by atoms with Gasteiger partial charge in [-0.3, -0.25) is 0 Å². The molecule has 8 nitrogen and oxygen atoms in total. The van der Waals surface area contributed by atoms with Crippen LogP contribution in [0.1, 0.15) is 11.1 Å². The summed E-state index contributed by atoms with van der Waals surface area (Å²) in [7, 11) is 0. The van der Waals surface area contributed by atoms with Gasteiger partial charge < -0.3 is 15.2 Å². The molecule has 2 aliphatic heterocycles. The molecule has 102 valence electrons. The molecule has 1 aromatic carbocycles. The molecule has 0 atom stereocenters. The lowest BCUT2D eigenvalue weighted by Gasteiger charge is -2.07. The molecular weight excluding hydrogens is 262 g/mol.